The Morgan fingerprint density at radius 1 is 1.21 bits per heavy atom. The van der Waals surface area contributed by atoms with Crippen LogP contribution in [0.25, 0.3) is 0 Å². The van der Waals surface area contributed by atoms with Gasteiger partial charge in [-0.15, -0.1) is 11.3 Å². The van der Waals surface area contributed by atoms with E-state index in [1.54, 1.807) is 0 Å². The number of hydrogen-bond acceptors (Lipinski definition) is 2. The fourth-order valence-electron chi connectivity index (χ4n) is 2.15. The first kappa shape index (κ1) is 14.9. The summed E-state index contributed by atoms with van der Waals surface area (Å²) in [5.74, 6) is 0. The Kier molecular flexibility index (Phi) is 4.59. The summed E-state index contributed by atoms with van der Waals surface area (Å²) in [5, 5.41) is 4.31. The quantitative estimate of drug-likeness (QED) is 0.682. The summed E-state index contributed by atoms with van der Waals surface area (Å²) >= 11 is 11.6. The molecule has 1 N–H and O–H groups in total. The van der Waals surface area contributed by atoms with Crippen LogP contribution in [-0.4, -0.2) is 0 Å². The molecule has 0 aliphatic carbocycles. The Balaban J connectivity index is 2.26. The first-order valence-electron chi connectivity index (χ1n) is 6.17. The van der Waals surface area contributed by atoms with E-state index in [9.17, 15) is 0 Å². The molecule has 2 rings (SSSR count). The highest BCUT2D eigenvalue weighted by molar-refractivity contribution is 9.10. The molecule has 1 nitrogen and oxygen atoms in total. The van der Waals surface area contributed by atoms with Gasteiger partial charge in [0, 0.05) is 25.3 Å². The minimum absolute atomic E-state index is 0.264. The number of nitrogens with one attached hydrogen (secondary N) is 1. The second kappa shape index (κ2) is 5.86. The van der Waals surface area contributed by atoms with Crippen LogP contribution >= 0.6 is 38.9 Å². The van der Waals surface area contributed by atoms with E-state index in [0.29, 0.717) is 0 Å². The highest BCUT2D eigenvalue weighted by Gasteiger charge is 2.13. The molecule has 0 radical (unpaired) electrons. The Morgan fingerprint density at radius 2 is 1.89 bits per heavy atom. The Hall–Kier alpha value is -0.510. The van der Waals surface area contributed by atoms with Gasteiger partial charge in [0.1, 0.15) is 0 Å². The van der Waals surface area contributed by atoms with E-state index in [1.807, 2.05) is 30.4 Å². The minimum Gasteiger partial charge on any atom is -0.378 e. The highest BCUT2D eigenvalue weighted by Crippen LogP contribution is 2.33. The van der Waals surface area contributed by atoms with Gasteiger partial charge >= 0.3 is 0 Å². The lowest BCUT2D eigenvalue weighted by Gasteiger charge is -2.17. The third-order valence-electron chi connectivity index (χ3n) is 3.17. The van der Waals surface area contributed by atoms with Crippen molar-refractivity contribution in [2.24, 2.45) is 0 Å². The lowest BCUT2D eigenvalue weighted by atomic mass is 10.1. The van der Waals surface area contributed by atoms with Crippen molar-refractivity contribution in [1.82, 2.24) is 0 Å². The van der Waals surface area contributed by atoms with Crippen LogP contribution in [0.1, 0.15) is 33.8 Å². The number of rotatable bonds is 3. The molecule has 1 aromatic carbocycles. The van der Waals surface area contributed by atoms with Gasteiger partial charge in [0.2, 0.25) is 0 Å². The summed E-state index contributed by atoms with van der Waals surface area (Å²) in [7, 11) is 0. The molecule has 0 bridgehead atoms. The van der Waals surface area contributed by atoms with Crippen LogP contribution in [0.4, 0.5) is 5.69 Å². The summed E-state index contributed by atoms with van der Waals surface area (Å²) in [5.41, 5.74) is 3.46. The zero-order valence-corrected chi connectivity index (χ0v) is 14.6. The smallest absolute Gasteiger partial charge is 0.0504 e. The zero-order chi connectivity index (χ0) is 14.2. The molecular formula is C15H17BrClNS. The maximum absolute atomic E-state index is 6.19. The predicted molar refractivity (Wildman–Crippen MR) is 89.7 cm³/mol. The Morgan fingerprint density at radius 3 is 2.47 bits per heavy atom. The van der Waals surface area contributed by atoms with Gasteiger partial charge < -0.3 is 5.32 Å². The molecular weight excluding hydrogens is 342 g/mol. The lowest BCUT2D eigenvalue weighted by Crippen LogP contribution is -2.07. The van der Waals surface area contributed by atoms with Crippen molar-refractivity contribution in [2.75, 3.05) is 5.32 Å². The molecule has 1 unspecified atom stereocenters. The molecule has 0 saturated carbocycles. The van der Waals surface area contributed by atoms with E-state index in [0.717, 1.165) is 20.7 Å². The second-order valence-electron chi connectivity index (χ2n) is 4.82. The molecule has 1 atom stereocenters. The highest BCUT2D eigenvalue weighted by atomic mass is 79.9. The van der Waals surface area contributed by atoms with Crippen molar-refractivity contribution >= 4 is 44.6 Å². The van der Waals surface area contributed by atoms with Gasteiger partial charge in [-0.1, -0.05) is 11.6 Å². The average molecular weight is 359 g/mol. The van der Waals surface area contributed by atoms with Crippen LogP contribution in [0.2, 0.25) is 5.02 Å². The van der Waals surface area contributed by atoms with Gasteiger partial charge in [0.25, 0.3) is 0 Å². The van der Waals surface area contributed by atoms with Gasteiger partial charge in [-0.3, -0.25) is 0 Å². The van der Waals surface area contributed by atoms with Crippen LogP contribution in [0, 0.1) is 20.8 Å². The van der Waals surface area contributed by atoms with Crippen LogP contribution in [0.5, 0.6) is 0 Å². The summed E-state index contributed by atoms with van der Waals surface area (Å²) in [4.78, 5) is 2.72. The maximum Gasteiger partial charge on any atom is 0.0504 e. The molecule has 0 fully saturated rings. The molecule has 1 aromatic heterocycles. The number of hydrogen-bond donors (Lipinski definition) is 1. The SMILES string of the molecule is Cc1cc(C(C)Nc2cc(Cl)c(C)cc2Br)c(C)s1. The van der Waals surface area contributed by atoms with Gasteiger partial charge in [-0.25, -0.2) is 0 Å². The first-order chi connectivity index (χ1) is 8.88. The van der Waals surface area contributed by atoms with Crippen molar-refractivity contribution in [3.05, 3.63) is 48.6 Å². The van der Waals surface area contributed by atoms with Crippen LogP contribution in [-0.2, 0) is 0 Å². The molecule has 1 heterocycles. The number of thiophene rings is 1. The summed E-state index contributed by atoms with van der Waals surface area (Å²) in [6.07, 6.45) is 0. The van der Waals surface area contributed by atoms with Crippen LogP contribution in [0.3, 0.4) is 0 Å². The summed E-state index contributed by atoms with van der Waals surface area (Å²) in [6.45, 7) is 8.50. The molecule has 2 aromatic rings. The molecule has 0 aliphatic heterocycles. The minimum atomic E-state index is 0.264. The summed E-state index contributed by atoms with van der Waals surface area (Å²) in [6, 6.07) is 6.54. The van der Waals surface area contributed by atoms with Gasteiger partial charge in [0.15, 0.2) is 0 Å². The summed E-state index contributed by atoms with van der Waals surface area (Å²) < 4.78 is 1.05. The fourth-order valence-corrected chi connectivity index (χ4v) is 3.91. The predicted octanol–water partition coefficient (Wildman–Crippen LogP) is 6.26. The average Bonchev–Trinajstić information content (AvgIpc) is 2.65. The normalized spacial score (nSPS) is 12.5. The van der Waals surface area contributed by atoms with E-state index >= 15 is 0 Å². The Labute approximate surface area is 132 Å². The van der Waals surface area contributed by atoms with E-state index in [4.69, 9.17) is 11.6 Å². The zero-order valence-electron chi connectivity index (χ0n) is 11.5. The molecule has 102 valence electrons. The number of anilines is 1. The van der Waals surface area contributed by atoms with Crippen molar-refractivity contribution in [3.63, 3.8) is 0 Å². The van der Waals surface area contributed by atoms with Crippen molar-refractivity contribution in [3.8, 4) is 0 Å². The van der Waals surface area contributed by atoms with E-state index in [1.165, 1.54) is 15.3 Å². The monoisotopic (exact) mass is 357 g/mol. The second-order valence-corrected chi connectivity index (χ2v) is 7.54. The Bertz CT molecular complexity index is 606. The molecule has 4 heteroatoms. The molecule has 0 aliphatic rings. The van der Waals surface area contributed by atoms with E-state index in [2.05, 4.69) is 48.1 Å². The molecule has 0 amide bonds. The van der Waals surface area contributed by atoms with Gasteiger partial charge in [-0.05, 0) is 73.0 Å². The third-order valence-corrected chi connectivity index (χ3v) is 5.21. The maximum atomic E-state index is 6.19. The van der Waals surface area contributed by atoms with E-state index < -0.39 is 0 Å². The third kappa shape index (κ3) is 3.33. The van der Waals surface area contributed by atoms with Crippen LogP contribution in [0.15, 0.2) is 22.7 Å². The van der Waals surface area contributed by atoms with E-state index in [-0.39, 0.29) is 6.04 Å². The topological polar surface area (TPSA) is 12.0 Å². The standard InChI is InChI=1S/C15H17BrClNS/c1-8-5-13(16)15(7-14(8)17)18-10(3)12-6-9(2)19-11(12)4/h5-7,10,18H,1-4H3. The van der Waals surface area contributed by atoms with Gasteiger partial charge in [0.05, 0.1) is 5.69 Å². The lowest BCUT2D eigenvalue weighted by molar-refractivity contribution is 0.880. The number of benzene rings is 1. The van der Waals surface area contributed by atoms with Gasteiger partial charge in [-0.2, -0.15) is 0 Å². The van der Waals surface area contributed by atoms with Crippen molar-refractivity contribution in [1.29, 1.82) is 0 Å². The van der Waals surface area contributed by atoms with Crippen LogP contribution < -0.4 is 5.32 Å². The van der Waals surface area contributed by atoms with Crippen molar-refractivity contribution in [2.45, 2.75) is 33.7 Å². The number of halogens is 2. The number of aryl methyl sites for hydroxylation is 3. The molecule has 19 heavy (non-hydrogen) atoms. The largest absolute Gasteiger partial charge is 0.378 e. The molecule has 0 saturated heterocycles. The fraction of sp³-hybridized carbons (Fsp3) is 0.333. The molecule has 0 spiro atoms. The first-order valence-corrected chi connectivity index (χ1v) is 8.16. The van der Waals surface area contributed by atoms with Crippen molar-refractivity contribution < 1.29 is 0 Å².